The molecule has 94 valence electrons. The van der Waals surface area contributed by atoms with Gasteiger partial charge in [0, 0.05) is 6.42 Å². The van der Waals surface area contributed by atoms with Crippen molar-refractivity contribution in [1.29, 1.82) is 0 Å². The number of aromatic nitrogens is 2. The van der Waals surface area contributed by atoms with Gasteiger partial charge >= 0.3 is 0 Å². The van der Waals surface area contributed by atoms with Crippen molar-refractivity contribution < 1.29 is 13.7 Å². The second kappa shape index (κ2) is 5.64. The third-order valence-corrected chi connectivity index (χ3v) is 2.38. The van der Waals surface area contributed by atoms with Crippen LogP contribution in [0.2, 0.25) is 5.02 Å². The summed E-state index contributed by atoms with van der Waals surface area (Å²) in [6.07, 6.45) is 2.20. The molecular formula is C12H10ClFN2O2. The van der Waals surface area contributed by atoms with Crippen molar-refractivity contribution in [2.24, 2.45) is 0 Å². The lowest BCUT2D eigenvalue weighted by molar-refractivity contribution is 0.242. The zero-order valence-corrected chi connectivity index (χ0v) is 10.2. The van der Waals surface area contributed by atoms with E-state index in [2.05, 4.69) is 16.7 Å². The number of halogens is 2. The van der Waals surface area contributed by atoms with E-state index in [0.29, 0.717) is 23.9 Å². The van der Waals surface area contributed by atoms with Crippen LogP contribution in [0, 0.1) is 5.82 Å². The van der Waals surface area contributed by atoms with E-state index >= 15 is 0 Å². The van der Waals surface area contributed by atoms with Crippen LogP contribution in [0.1, 0.15) is 11.7 Å². The Bertz CT molecular complexity index is 557. The Morgan fingerprint density at radius 3 is 3.06 bits per heavy atom. The summed E-state index contributed by atoms with van der Waals surface area (Å²) in [5.41, 5.74) is 0. The van der Waals surface area contributed by atoms with Crippen LogP contribution in [0.15, 0.2) is 35.4 Å². The number of nitrogens with zero attached hydrogens (tertiary/aromatic N) is 2. The van der Waals surface area contributed by atoms with Crippen molar-refractivity contribution in [3.63, 3.8) is 0 Å². The quantitative estimate of drug-likeness (QED) is 0.782. The Morgan fingerprint density at radius 2 is 2.33 bits per heavy atom. The molecule has 0 N–H and O–H groups in total. The second-order valence-corrected chi connectivity index (χ2v) is 3.87. The van der Waals surface area contributed by atoms with Crippen LogP contribution in [-0.4, -0.2) is 10.1 Å². The van der Waals surface area contributed by atoms with Gasteiger partial charge in [0.1, 0.15) is 11.6 Å². The fourth-order valence-corrected chi connectivity index (χ4v) is 1.51. The fraction of sp³-hybridized carbons (Fsp3) is 0.167. The molecule has 2 rings (SSSR count). The predicted molar refractivity (Wildman–Crippen MR) is 63.9 cm³/mol. The minimum Gasteiger partial charge on any atom is -0.482 e. The molecule has 0 aliphatic carbocycles. The topological polar surface area (TPSA) is 48.2 Å². The summed E-state index contributed by atoms with van der Waals surface area (Å²) < 4.78 is 23.1. The van der Waals surface area contributed by atoms with Crippen molar-refractivity contribution in [2.45, 2.75) is 13.0 Å². The van der Waals surface area contributed by atoms with Gasteiger partial charge in [-0.1, -0.05) is 22.8 Å². The Hall–Kier alpha value is -1.88. The Balaban J connectivity index is 1.99. The van der Waals surface area contributed by atoms with Gasteiger partial charge in [0.15, 0.2) is 12.4 Å². The van der Waals surface area contributed by atoms with Crippen LogP contribution in [0.4, 0.5) is 4.39 Å². The first-order chi connectivity index (χ1) is 8.69. The second-order valence-electron chi connectivity index (χ2n) is 3.46. The summed E-state index contributed by atoms with van der Waals surface area (Å²) in [4.78, 5) is 4.07. The van der Waals surface area contributed by atoms with E-state index in [-0.39, 0.29) is 11.6 Å². The van der Waals surface area contributed by atoms with E-state index in [4.69, 9.17) is 20.9 Å². The number of hydrogen-bond acceptors (Lipinski definition) is 4. The van der Waals surface area contributed by atoms with E-state index in [0.717, 1.165) is 0 Å². The molecular weight excluding hydrogens is 259 g/mol. The zero-order valence-electron chi connectivity index (χ0n) is 9.40. The lowest BCUT2D eigenvalue weighted by Gasteiger charge is -2.04. The van der Waals surface area contributed by atoms with Gasteiger partial charge in [-0.2, -0.15) is 4.98 Å². The average molecular weight is 269 g/mol. The molecule has 6 heteroatoms. The fourth-order valence-electron chi connectivity index (χ4n) is 1.29. The number of benzene rings is 1. The SMILES string of the molecule is C=CCc1noc(COc2ccc(F)cc2Cl)n1. The molecule has 1 heterocycles. The van der Waals surface area contributed by atoms with Gasteiger partial charge in [-0.05, 0) is 18.2 Å². The standard InChI is InChI=1S/C12H10ClFN2O2/c1-2-3-11-15-12(18-16-11)7-17-10-5-4-8(14)6-9(10)13/h2,4-6H,1,3,7H2. The first kappa shape index (κ1) is 12.6. The third-order valence-electron chi connectivity index (χ3n) is 2.08. The summed E-state index contributed by atoms with van der Waals surface area (Å²) in [6, 6.07) is 3.88. The minimum atomic E-state index is -0.418. The van der Waals surface area contributed by atoms with Crippen LogP contribution >= 0.6 is 11.6 Å². The molecule has 18 heavy (non-hydrogen) atoms. The van der Waals surface area contributed by atoms with Crippen molar-refractivity contribution in [2.75, 3.05) is 0 Å². The minimum absolute atomic E-state index is 0.0789. The van der Waals surface area contributed by atoms with E-state index in [9.17, 15) is 4.39 Å². The summed E-state index contributed by atoms with van der Waals surface area (Å²) in [7, 11) is 0. The van der Waals surface area contributed by atoms with Crippen LogP contribution in [0.25, 0.3) is 0 Å². The highest BCUT2D eigenvalue weighted by Crippen LogP contribution is 2.25. The third kappa shape index (κ3) is 3.07. The Morgan fingerprint density at radius 1 is 1.50 bits per heavy atom. The lowest BCUT2D eigenvalue weighted by atomic mass is 10.3. The molecule has 2 aromatic rings. The monoisotopic (exact) mass is 268 g/mol. The molecule has 0 unspecified atom stereocenters. The van der Waals surface area contributed by atoms with Crippen LogP contribution in [0.3, 0.4) is 0 Å². The van der Waals surface area contributed by atoms with Gasteiger partial charge in [0.2, 0.25) is 0 Å². The van der Waals surface area contributed by atoms with E-state index in [1.807, 2.05) is 0 Å². The normalized spacial score (nSPS) is 10.3. The van der Waals surface area contributed by atoms with Gasteiger partial charge in [-0.25, -0.2) is 4.39 Å². The molecule has 0 spiro atoms. The molecule has 1 aromatic carbocycles. The van der Waals surface area contributed by atoms with Gasteiger partial charge in [-0.3, -0.25) is 0 Å². The molecule has 0 atom stereocenters. The number of allylic oxidation sites excluding steroid dienone is 1. The smallest absolute Gasteiger partial charge is 0.264 e. The highest BCUT2D eigenvalue weighted by atomic mass is 35.5. The van der Waals surface area contributed by atoms with E-state index in [1.54, 1.807) is 6.08 Å². The highest BCUT2D eigenvalue weighted by Gasteiger charge is 2.08. The molecule has 0 aliphatic heterocycles. The summed E-state index contributed by atoms with van der Waals surface area (Å²) in [6.45, 7) is 3.65. The molecule has 0 amide bonds. The van der Waals surface area contributed by atoms with Crippen molar-refractivity contribution in [3.8, 4) is 5.75 Å². The number of ether oxygens (including phenoxy) is 1. The molecule has 0 aliphatic rings. The first-order valence-corrected chi connectivity index (χ1v) is 5.57. The number of rotatable bonds is 5. The van der Waals surface area contributed by atoms with Crippen LogP contribution < -0.4 is 4.74 Å². The predicted octanol–water partition coefficient (Wildman–Crippen LogP) is 3.17. The zero-order chi connectivity index (χ0) is 13.0. The largest absolute Gasteiger partial charge is 0.482 e. The van der Waals surface area contributed by atoms with Crippen molar-refractivity contribution >= 4 is 11.6 Å². The van der Waals surface area contributed by atoms with Crippen LogP contribution in [0.5, 0.6) is 5.75 Å². The van der Waals surface area contributed by atoms with Crippen molar-refractivity contribution in [3.05, 3.63) is 53.4 Å². The Kier molecular flexibility index (Phi) is 3.94. The van der Waals surface area contributed by atoms with Crippen LogP contribution in [-0.2, 0) is 13.0 Å². The molecule has 0 bridgehead atoms. The van der Waals surface area contributed by atoms with Crippen molar-refractivity contribution in [1.82, 2.24) is 10.1 Å². The number of hydrogen-bond donors (Lipinski definition) is 0. The highest BCUT2D eigenvalue weighted by molar-refractivity contribution is 6.32. The lowest BCUT2D eigenvalue weighted by Crippen LogP contribution is -1.97. The summed E-state index contributed by atoms with van der Waals surface area (Å²) in [5, 5.41) is 3.92. The molecule has 4 nitrogen and oxygen atoms in total. The van der Waals surface area contributed by atoms with Gasteiger partial charge in [0.05, 0.1) is 5.02 Å². The maximum atomic E-state index is 12.8. The molecule has 1 aromatic heterocycles. The molecule has 0 radical (unpaired) electrons. The summed E-state index contributed by atoms with van der Waals surface area (Å²) in [5.74, 6) is 0.806. The Labute approximate surface area is 108 Å². The first-order valence-electron chi connectivity index (χ1n) is 5.19. The van der Waals surface area contributed by atoms with Gasteiger partial charge < -0.3 is 9.26 Å². The van der Waals surface area contributed by atoms with E-state index < -0.39 is 5.82 Å². The van der Waals surface area contributed by atoms with Gasteiger partial charge in [0.25, 0.3) is 5.89 Å². The molecule has 0 fully saturated rings. The molecule has 0 saturated carbocycles. The van der Waals surface area contributed by atoms with Gasteiger partial charge in [-0.15, -0.1) is 6.58 Å². The maximum Gasteiger partial charge on any atom is 0.264 e. The average Bonchev–Trinajstić information content (AvgIpc) is 2.76. The summed E-state index contributed by atoms with van der Waals surface area (Å²) >= 11 is 5.81. The molecule has 0 saturated heterocycles. The maximum absolute atomic E-state index is 12.8. The van der Waals surface area contributed by atoms with E-state index in [1.165, 1.54) is 18.2 Å².